The molecule has 3 rings (SSSR count). The van der Waals surface area contributed by atoms with Crippen LogP contribution in [-0.4, -0.2) is 59.4 Å². The molecule has 0 saturated heterocycles. The lowest BCUT2D eigenvalue weighted by atomic mass is 9.98. The molecule has 0 aliphatic heterocycles. The number of carbonyl (C=O) groups excluding carboxylic acids is 2. The third kappa shape index (κ3) is 5.64. The molecule has 0 aromatic heterocycles. The van der Waals surface area contributed by atoms with Gasteiger partial charge in [-0.3, -0.25) is 9.59 Å². The lowest BCUT2D eigenvalue weighted by molar-refractivity contribution is -0.140. The van der Waals surface area contributed by atoms with Crippen molar-refractivity contribution in [1.82, 2.24) is 10.6 Å². The molecule has 0 fully saturated rings. The van der Waals surface area contributed by atoms with Crippen LogP contribution in [-0.2, 0) is 14.3 Å². The lowest BCUT2D eigenvalue weighted by Crippen LogP contribution is -2.53. The predicted octanol–water partition coefficient (Wildman–Crippen LogP) is 2.50. The van der Waals surface area contributed by atoms with Crippen LogP contribution >= 0.6 is 0 Å². The minimum absolute atomic E-state index is 0.0542. The molecule has 1 aliphatic carbocycles. The SMILES string of the molecule is CC(O)(CNC(=O)C(CC(=O)O)NC(=O)OCC1c2ccccc2-c2ccccc21)C(F)F. The van der Waals surface area contributed by atoms with Crippen LogP contribution in [0.1, 0.15) is 30.4 Å². The van der Waals surface area contributed by atoms with Gasteiger partial charge in [-0.1, -0.05) is 48.5 Å². The Bertz CT molecular complexity index is 998. The fourth-order valence-corrected chi connectivity index (χ4v) is 3.63. The van der Waals surface area contributed by atoms with Crippen molar-refractivity contribution in [1.29, 1.82) is 0 Å². The summed E-state index contributed by atoms with van der Waals surface area (Å²) in [5.41, 5.74) is 1.49. The maximum atomic E-state index is 12.8. The summed E-state index contributed by atoms with van der Waals surface area (Å²) in [4.78, 5) is 35.7. The number of amides is 2. The van der Waals surface area contributed by atoms with E-state index in [1.807, 2.05) is 53.8 Å². The number of carboxylic acids is 1. The second-order valence-corrected chi connectivity index (χ2v) is 8.00. The fraction of sp³-hybridized carbons (Fsp3) is 0.348. The summed E-state index contributed by atoms with van der Waals surface area (Å²) in [6.45, 7) is -0.0591. The number of carbonyl (C=O) groups is 3. The monoisotopic (exact) mass is 462 g/mol. The zero-order valence-electron chi connectivity index (χ0n) is 17.8. The van der Waals surface area contributed by atoms with Crippen LogP contribution < -0.4 is 10.6 Å². The quantitative estimate of drug-likeness (QED) is 0.454. The van der Waals surface area contributed by atoms with Gasteiger partial charge in [0.25, 0.3) is 6.43 Å². The third-order valence-electron chi connectivity index (χ3n) is 5.42. The molecule has 10 heteroatoms. The van der Waals surface area contributed by atoms with E-state index in [2.05, 4.69) is 5.32 Å². The highest BCUT2D eigenvalue weighted by molar-refractivity contribution is 5.89. The molecule has 176 valence electrons. The first kappa shape index (κ1) is 24.1. The Hall–Kier alpha value is -3.53. The van der Waals surface area contributed by atoms with Gasteiger partial charge in [0.05, 0.1) is 13.0 Å². The van der Waals surface area contributed by atoms with E-state index < -0.39 is 49.0 Å². The molecule has 2 aromatic carbocycles. The van der Waals surface area contributed by atoms with Crippen LogP contribution in [0.2, 0.25) is 0 Å². The summed E-state index contributed by atoms with van der Waals surface area (Å²) in [5.74, 6) is -2.67. The first-order valence-corrected chi connectivity index (χ1v) is 10.2. The smallest absolute Gasteiger partial charge is 0.407 e. The Balaban J connectivity index is 1.64. The Morgan fingerprint density at radius 2 is 1.61 bits per heavy atom. The van der Waals surface area contributed by atoms with Gasteiger partial charge in [0.1, 0.15) is 18.2 Å². The minimum atomic E-state index is -3.13. The van der Waals surface area contributed by atoms with Gasteiger partial charge in [-0.2, -0.15) is 0 Å². The maximum Gasteiger partial charge on any atom is 0.407 e. The van der Waals surface area contributed by atoms with E-state index >= 15 is 0 Å². The number of fused-ring (bicyclic) bond motifs is 3. The van der Waals surface area contributed by atoms with E-state index in [-0.39, 0.29) is 12.5 Å². The summed E-state index contributed by atoms with van der Waals surface area (Å²) in [6, 6.07) is 13.8. The maximum absolute atomic E-state index is 12.8. The number of hydrogen-bond donors (Lipinski definition) is 4. The van der Waals surface area contributed by atoms with Crippen molar-refractivity contribution in [3.63, 3.8) is 0 Å². The van der Waals surface area contributed by atoms with Gasteiger partial charge in [0.2, 0.25) is 5.91 Å². The molecule has 33 heavy (non-hydrogen) atoms. The van der Waals surface area contributed by atoms with Crippen LogP contribution in [0.25, 0.3) is 11.1 Å². The molecular formula is C23H24F2N2O6. The van der Waals surface area contributed by atoms with Gasteiger partial charge in [-0.15, -0.1) is 0 Å². The van der Waals surface area contributed by atoms with Gasteiger partial charge in [0, 0.05) is 5.92 Å². The van der Waals surface area contributed by atoms with Crippen LogP contribution in [0, 0.1) is 0 Å². The Morgan fingerprint density at radius 3 is 2.12 bits per heavy atom. The van der Waals surface area contributed by atoms with Crippen molar-refractivity contribution in [2.75, 3.05) is 13.2 Å². The second-order valence-electron chi connectivity index (χ2n) is 8.00. The topological polar surface area (TPSA) is 125 Å². The number of rotatable bonds is 9. The number of nitrogens with one attached hydrogen (secondary N) is 2. The third-order valence-corrected chi connectivity index (χ3v) is 5.42. The standard InChI is InChI=1S/C23H24F2N2O6/c1-23(32,21(24)25)12-26-20(30)18(10-19(28)29)27-22(31)33-11-17-15-8-4-2-6-13(15)14-7-3-5-9-16(14)17/h2-9,17-18,21,32H,10-12H2,1H3,(H,26,30)(H,27,31)(H,28,29). The van der Waals surface area contributed by atoms with Crippen molar-refractivity contribution < 1.29 is 38.1 Å². The highest BCUT2D eigenvalue weighted by atomic mass is 19.3. The molecule has 2 unspecified atom stereocenters. The van der Waals surface area contributed by atoms with E-state index in [4.69, 9.17) is 9.84 Å². The molecule has 4 N–H and O–H groups in total. The number of alkyl halides is 2. The van der Waals surface area contributed by atoms with Crippen molar-refractivity contribution in [3.8, 4) is 11.1 Å². The average Bonchev–Trinajstić information content (AvgIpc) is 3.09. The summed E-state index contributed by atoms with van der Waals surface area (Å²) >= 11 is 0. The van der Waals surface area contributed by atoms with Gasteiger partial charge in [-0.25, -0.2) is 13.6 Å². The van der Waals surface area contributed by atoms with E-state index in [0.717, 1.165) is 29.2 Å². The number of ether oxygens (including phenoxy) is 1. The second kappa shape index (κ2) is 9.95. The van der Waals surface area contributed by atoms with Crippen LogP contribution in [0.15, 0.2) is 48.5 Å². The number of alkyl carbamates (subject to hydrolysis) is 1. The van der Waals surface area contributed by atoms with E-state index in [1.54, 1.807) is 0 Å². The molecule has 2 aromatic rings. The molecule has 0 heterocycles. The molecule has 0 radical (unpaired) electrons. The summed E-state index contributed by atoms with van der Waals surface area (Å²) in [6.07, 6.45) is -4.96. The highest BCUT2D eigenvalue weighted by Crippen LogP contribution is 2.44. The van der Waals surface area contributed by atoms with Crippen molar-refractivity contribution in [2.24, 2.45) is 0 Å². The Kier molecular flexibility index (Phi) is 7.27. The normalized spacial score (nSPS) is 15.2. The Morgan fingerprint density at radius 1 is 1.06 bits per heavy atom. The molecule has 0 saturated carbocycles. The summed E-state index contributed by atoms with van der Waals surface area (Å²) in [7, 11) is 0. The van der Waals surface area contributed by atoms with Crippen LogP contribution in [0.4, 0.5) is 13.6 Å². The Labute approximate surface area is 188 Å². The summed E-state index contributed by atoms with van der Waals surface area (Å²) in [5, 5.41) is 22.8. The zero-order chi connectivity index (χ0) is 24.2. The number of aliphatic hydroxyl groups is 1. The number of hydrogen-bond acceptors (Lipinski definition) is 5. The van der Waals surface area contributed by atoms with Crippen molar-refractivity contribution in [2.45, 2.75) is 37.3 Å². The van der Waals surface area contributed by atoms with Gasteiger partial charge in [-0.05, 0) is 29.2 Å². The van der Waals surface area contributed by atoms with E-state index in [9.17, 15) is 28.3 Å². The number of carboxylic acid groups (broad SMARTS) is 1. The highest BCUT2D eigenvalue weighted by Gasteiger charge is 2.34. The molecule has 2 atom stereocenters. The first-order chi connectivity index (χ1) is 15.6. The van der Waals surface area contributed by atoms with Crippen molar-refractivity contribution >= 4 is 18.0 Å². The van der Waals surface area contributed by atoms with Gasteiger partial charge in [0.15, 0.2) is 0 Å². The van der Waals surface area contributed by atoms with Crippen molar-refractivity contribution in [3.05, 3.63) is 59.7 Å². The average molecular weight is 462 g/mol. The largest absolute Gasteiger partial charge is 0.481 e. The minimum Gasteiger partial charge on any atom is -0.481 e. The molecule has 2 amide bonds. The summed E-state index contributed by atoms with van der Waals surface area (Å²) < 4.78 is 30.8. The fourth-order valence-electron chi connectivity index (χ4n) is 3.63. The number of aliphatic carboxylic acids is 1. The predicted molar refractivity (Wildman–Crippen MR) is 114 cm³/mol. The molecule has 0 bridgehead atoms. The molecule has 1 aliphatic rings. The van der Waals surface area contributed by atoms with Crippen LogP contribution in [0.3, 0.4) is 0 Å². The molecule has 0 spiro atoms. The number of halogens is 2. The van der Waals surface area contributed by atoms with E-state index in [1.165, 1.54) is 0 Å². The zero-order valence-corrected chi connectivity index (χ0v) is 17.8. The molecule has 8 nitrogen and oxygen atoms in total. The van der Waals surface area contributed by atoms with Crippen LogP contribution in [0.5, 0.6) is 0 Å². The van der Waals surface area contributed by atoms with Gasteiger partial charge >= 0.3 is 12.1 Å². The molecular weight excluding hydrogens is 438 g/mol. The van der Waals surface area contributed by atoms with Gasteiger partial charge < -0.3 is 25.6 Å². The first-order valence-electron chi connectivity index (χ1n) is 10.2. The number of benzene rings is 2. The van der Waals surface area contributed by atoms with E-state index in [0.29, 0.717) is 0 Å². The lowest BCUT2D eigenvalue weighted by Gasteiger charge is -2.24.